The van der Waals surface area contributed by atoms with Crippen molar-refractivity contribution in [2.24, 2.45) is 5.92 Å². The van der Waals surface area contributed by atoms with Crippen LogP contribution in [0.4, 0.5) is 0 Å². The maximum absolute atomic E-state index is 5.49. The SMILES string of the molecule is CNCC1CCOC1COC. The average molecular weight is 159 g/mol. The topological polar surface area (TPSA) is 30.5 Å². The third-order valence-electron chi connectivity index (χ3n) is 2.14. The van der Waals surface area contributed by atoms with Crippen molar-refractivity contribution in [3.05, 3.63) is 0 Å². The van der Waals surface area contributed by atoms with Gasteiger partial charge in [-0.3, -0.25) is 0 Å². The van der Waals surface area contributed by atoms with Crippen LogP contribution in [-0.2, 0) is 9.47 Å². The molecule has 1 heterocycles. The highest BCUT2D eigenvalue weighted by molar-refractivity contribution is 4.77. The van der Waals surface area contributed by atoms with E-state index in [1.807, 2.05) is 7.05 Å². The highest BCUT2D eigenvalue weighted by Crippen LogP contribution is 2.19. The molecule has 0 bridgehead atoms. The summed E-state index contributed by atoms with van der Waals surface area (Å²) >= 11 is 0. The lowest BCUT2D eigenvalue weighted by atomic mass is 10.0. The zero-order valence-electron chi connectivity index (χ0n) is 7.30. The lowest BCUT2D eigenvalue weighted by Crippen LogP contribution is -2.29. The van der Waals surface area contributed by atoms with Crippen LogP contribution in [0, 0.1) is 5.92 Å². The van der Waals surface area contributed by atoms with Gasteiger partial charge in [0.1, 0.15) is 0 Å². The van der Waals surface area contributed by atoms with Gasteiger partial charge in [-0.1, -0.05) is 0 Å². The van der Waals surface area contributed by atoms with Gasteiger partial charge in [0.15, 0.2) is 0 Å². The number of rotatable bonds is 4. The summed E-state index contributed by atoms with van der Waals surface area (Å²) < 4.78 is 10.5. The fourth-order valence-corrected chi connectivity index (χ4v) is 1.54. The quantitative estimate of drug-likeness (QED) is 0.638. The predicted octanol–water partition coefficient (Wildman–Crippen LogP) is 0.257. The first kappa shape index (κ1) is 8.97. The molecule has 0 aromatic carbocycles. The van der Waals surface area contributed by atoms with E-state index in [0.29, 0.717) is 12.0 Å². The van der Waals surface area contributed by atoms with E-state index >= 15 is 0 Å². The van der Waals surface area contributed by atoms with E-state index in [2.05, 4.69) is 5.32 Å². The van der Waals surface area contributed by atoms with Crippen LogP contribution in [0.3, 0.4) is 0 Å². The first-order valence-electron chi connectivity index (χ1n) is 4.13. The Bertz CT molecular complexity index is 96.3. The minimum absolute atomic E-state index is 0.312. The third-order valence-corrected chi connectivity index (χ3v) is 2.14. The first-order chi connectivity index (χ1) is 5.38. The first-order valence-corrected chi connectivity index (χ1v) is 4.13. The predicted molar refractivity (Wildman–Crippen MR) is 43.6 cm³/mol. The molecule has 3 heteroatoms. The van der Waals surface area contributed by atoms with Crippen LogP contribution in [0.1, 0.15) is 6.42 Å². The number of hydrogen-bond donors (Lipinski definition) is 1. The molecule has 1 saturated heterocycles. The fraction of sp³-hybridized carbons (Fsp3) is 1.00. The highest BCUT2D eigenvalue weighted by atomic mass is 16.5. The summed E-state index contributed by atoms with van der Waals surface area (Å²) in [5.74, 6) is 0.639. The van der Waals surface area contributed by atoms with Crippen LogP contribution >= 0.6 is 0 Å². The Morgan fingerprint density at radius 3 is 3.09 bits per heavy atom. The van der Waals surface area contributed by atoms with E-state index in [1.54, 1.807) is 7.11 Å². The van der Waals surface area contributed by atoms with Crippen molar-refractivity contribution in [2.45, 2.75) is 12.5 Å². The molecule has 1 N–H and O–H groups in total. The Morgan fingerprint density at radius 1 is 1.64 bits per heavy atom. The summed E-state index contributed by atoms with van der Waals surface area (Å²) in [6.45, 7) is 2.65. The smallest absolute Gasteiger partial charge is 0.0849 e. The maximum Gasteiger partial charge on any atom is 0.0849 e. The average Bonchev–Trinajstić information content (AvgIpc) is 2.39. The molecule has 0 saturated carbocycles. The van der Waals surface area contributed by atoms with Crippen molar-refractivity contribution in [2.75, 3.05) is 33.9 Å². The number of nitrogens with one attached hydrogen (secondary N) is 1. The van der Waals surface area contributed by atoms with Gasteiger partial charge >= 0.3 is 0 Å². The molecule has 1 aliphatic heterocycles. The van der Waals surface area contributed by atoms with E-state index < -0.39 is 0 Å². The second-order valence-corrected chi connectivity index (χ2v) is 2.97. The minimum Gasteiger partial charge on any atom is -0.382 e. The molecule has 0 aromatic rings. The van der Waals surface area contributed by atoms with E-state index in [4.69, 9.17) is 9.47 Å². The molecule has 11 heavy (non-hydrogen) atoms. The van der Waals surface area contributed by atoms with Crippen LogP contribution in [-0.4, -0.2) is 40.0 Å². The minimum atomic E-state index is 0.312. The van der Waals surface area contributed by atoms with Crippen molar-refractivity contribution in [1.29, 1.82) is 0 Å². The molecule has 1 aliphatic rings. The third kappa shape index (κ3) is 2.43. The molecule has 3 nitrogen and oxygen atoms in total. The molecule has 1 rings (SSSR count). The summed E-state index contributed by atoms with van der Waals surface area (Å²) in [6.07, 6.45) is 1.47. The van der Waals surface area contributed by atoms with Gasteiger partial charge in [0.2, 0.25) is 0 Å². The maximum atomic E-state index is 5.49. The molecule has 0 spiro atoms. The van der Waals surface area contributed by atoms with Gasteiger partial charge in [0.25, 0.3) is 0 Å². The number of ether oxygens (including phenoxy) is 2. The van der Waals surface area contributed by atoms with Crippen LogP contribution in [0.15, 0.2) is 0 Å². The second kappa shape index (κ2) is 4.70. The Morgan fingerprint density at radius 2 is 2.45 bits per heavy atom. The molecule has 2 unspecified atom stereocenters. The van der Waals surface area contributed by atoms with Crippen LogP contribution in [0.25, 0.3) is 0 Å². The highest BCUT2D eigenvalue weighted by Gasteiger charge is 2.26. The van der Waals surface area contributed by atoms with Gasteiger partial charge < -0.3 is 14.8 Å². The van der Waals surface area contributed by atoms with Gasteiger partial charge in [-0.25, -0.2) is 0 Å². The molecule has 0 amide bonds. The number of hydrogen-bond acceptors (Lipinski definition) is 3. The standard InChI is InChI=1S/C8H17NO2/c1-9-5-7-3-4-11-8(7)6-10-2/h7-9H,3-6H2,1-2H3. The Hall–Kier alpha value is -0.120. The Labute approximate surface area is 68.1 Å². The largest absolute Gasteiger partial charge is 0.382 e. The molecule has 2 atom stereocenters. The molecule has 0 radical (unpaired) electrons. The summed E-state index contributed by atoms with van der Waals surface area (Å²) in [6, 6.07) is 0. The van der Waals surface area contributed by atoms with Crippen molar-refractivity contribution in [3.63, 3.8) is 0 Å². The molecule has 0 aliphatic carbocycles. The second-order valence-electron chi connectivity index (χ2n) is 2.97. The normalized spacial score (nSPS) is 31.1. The van der Waals surface area contributed by atoms with E-state index in [0.717, 1.165) is 26.2 Å². The number of methoxy groups -OCH3 is 1. The zero-order chi connectivity index (χ0) is 8.10. The monoisotopic (exact) mass is 159 g/mol. The van der Waals surface area contributed by atoms with Crippen LogP contribution < -0.4 is 5.32 Å². The summed E-state index contributed by atoms with van der Waals surface area (Å²) in [5, 5.41) is 3.16. The summed E-state index contributed by atoms with van der Waals surface area (Å²) in [5.41, 5.74) is 0. The van der Waals surface area contributed by atoms with Crippen molar-refractivity contribution >= 4 is 0 Å². The van der Waals surface area contributed by atoms with E-state index in [9.17, 15) is 0 Å². The molecule has 0 aromatic heterocycles. The van der Waals surface area contributed by atoms with Crippen molar-refractivity contribution < 1.29 is 9.47 Å². The lowest BCUT2D eigenvalue weighted by Gasteiger charge is -2.16. The van der Waals surface area contributed by atoms with Gasteiger partial charge in [-0.15, -0.1) is 0 Å². The molecule has 66 valence electrons. The van der Waals surface area contributed by atoms with Gasteiger partial charge in [0.05, 0.1) is 12.7 Å². The van der Waals surface area contributed by atoms with Gasteiger partial charge in [-0.2, -0.15) is 0 Å². The lowest BCUT2D eigenvalue weighted by molar-refractivity contribution is 0.0209. The summed E-state index contributed by atoms with van der Waals surface area (Å²) in [7, 11) is 3.69. The van der Waals surface area contributed by atoms with Crippen molar-refractivity contribution in [3.8, 4) is 0 Å². The Balaban J connectivity index is 2.25. The fourth-order valence-electron chi connectivity index (χ4n) is 1.54. The van der Waals surface area contributed by atoms with E-state index in [1.165, 1.54) is 0 Å². The van der Waals surface area contributed by atoms with Crippen LogP contribution in [0.2, 0.25) is 0 Å². The molecular formula is C8H17NO2. The zero-order valence-corrected chi connectivity index (χ0v) is 7.30. The van der Waals surface area contributed by atoms with E-state index in [-0.39, 0.29) is 0 Å². The van der Waals surface area contributed by atoms with Gasteiger partial charge in [0, 0.05) is 26.2 Å². The molecular weight excluding hydrogens is 142 g/mol. The summed E-state index contributed by atoms with van der Waals surface area (Å²) in [4.78, 5) is 0. The van der Waals surface area contributed by atoms with Gasteiger partial charge in [-0.05, 0) is 13.5 Å². The Kier molecular flexibility index (Phi) is 3.83. The van der Waals surface area contributed by atoms with Crippen molar-refractivity contribution in [1.82, 2.24) is 5.32 Å². The van der Waals surface area contributed by atoms with Crippen LogP contribution in [0.5, 0.6) is 0 Å². The molecule has 1 fully saturated rings.